The van der Waals surface area contributed by atoms with Crippen LogP contribution in [0.2, 0.25) is 0 Å². The summed E-state index contributed by atoms with van der Waals surface area (Å²) >= 11 is 0. The van der Waals surface area contributed by atoms with Gasteiger partial charge in [-0.15, -0.1) is 0 Å². The highest BCUT2D eigenvalue weighted by Crippen LogP contribution is 1.73. The van der Waals surface area contributed by atoms with Gasteiger partial charge < -0.3 is 15.7 Å². The van der Waals surface area contributed by atoms with E-state index >= 15 is 0 Å². The van der Waals surface area contributed by atoms with Crippen molar-refractivity contribution in [3.63, 3.8) is 0 Å². The molecule has 0 radical (unpaired) electrons. The van der Waals surface area contributed by atoms with Gasteiger partial charge in [-0.1, -0.05) is 0 Å². The summed E-state index contributed by atoms with van der Waals surface area (Å²) in [5.74, 6) is 0. The molecule has 0 spiro atoms. The average molecular weight is 157 g/mol. The maximum absolute atomic E-state index is 10.6. The van der Waals surface area contributed by atoms with Crippen LogP contribution < -0.4 is 10.6 Å². The Morgan fingerprint density at radius 2 is 2.36 bits per heavy atom. The molecule has 1 unspecified atom stereocenters. The summed E-state index contributed by atoms with van der Waals surface area (Å²) < 4.78 is 0. The smallest absolute Gasteiger partial charge is 0.315 e. The summed E-state index contributed by atoms with van der Waals surface area (Å²) in [6, 6.07) is 1.31. The molecule has 0 fully saturated rings. The predicted octanol–water partition coefficient (Wildman–Crippen LogP) is -0.810. The number of aliphatic hydroxyl groups excluding tert-OH is 1. The number of nitrogens with zero attached hydrogens (tertiary/aromatic N) is 1. The van der Waals surface area contributed by atoms with Gasteiger partial charge >= 0.3 is 6.03 Å². The molecule has 62 valence electrons. The van der Waals surface area contributed by atoms with Crippen molar-refractivity contribution in [1.82, 2.24) is 10.6 Å². The van der Waals surface area contributed by atoms with Crippen LogP contribution in [0, 0.1) is 11.3 Å². The average Bonchev–Trinajstić information content (AvgIpc) is 1.97. The van der Waals surface area contributed by atoms with Crippen LogP contribution in [0.3, 0.4) is 0 Å². The van der Waals surface area contributed by atoms with E-state index < -0.39 is 12.1 Å². The Labute approximate surface area is 65.0 Å². The first-order valence-corrected chi connectivity index (χ1v) is 3.23. The van der Waals surface area contributed by atoms with E-state index in [4.69, 9.17) is 10.4 Å². The van der Waals surface area contributed by atoms with E-state index in [-0.39, 0.29) is 13.1 Å². The third-order valence-electron chi connectivity index (χ3n) is 0.886. The lowest BCUT2D eigenvalue weighted by molar-refractivity contribution is 0.188. The molecule has 0 heterocycles. The van der Waals surface area contributed by atoms with E-state index in [0.29, 0.717) is 0 Å². The van der Waals surface area contributed by atoms with Crippen molar-refractivity contribution in [2.75, 3.05) is 13.1 Å². The minimum Gasteiger partial charge on any atom is -0.392 e. The van der Waals surface area contributed by atoms with E-state index in [1.165, 1.54) is 0 Å². The summed E-state index contributed by atoms with van der Waals surface area (Å²) in [4.78, 5) is 10.6. The van der Waals surface area contributed by atoms with Crippen LogP contribution in [0.1, 0.15) is 6.92 Å². The molecular weight excluding hydrogens is 146 g/mol. The Bertz CT molecular complexity index is 162. The number of amides is 2. The van der Waals surface area contributed by atoms with Gasteiger partial charge in [-0.2, -0.15) is 5.26 Å². The van der Waals surface area contributed by atoms with E-state index in [1.54, 1.807) is 13.0 Å². The third kappa shape index (κ3) is 6.61. The Morgan fingerprint density at radius 3 is 2.82 bits per heavy atom. The van der Waals surface area contributed by atoms with Crippen LogP contribution in [-0.2, 0) is 0 Å². The second-order valence-electron chi connectivity index (χ2n) is 2.07. The van der Waals surface area contributed by atoms with Gasteiger partial charge in [0.1, 0.15) is 6.54 Å². The number of hydrogen-bond acceptors (Lipinski definition) is 3. The summed E-state index contributed by atoms with van der Waals surface area (Å²) in [5.41, 5.74) is 0. The number of carbonyl (C=O) groups excluding carboxylic acids is 1. The van der Waals surface area contributed by atoms with Crippen molar-refractivity contribution >= 4 is 6.03 Å². The lowest BCUT2D eigenvalue weighted by Crippen LogP contribution is -2.39. The highest BCUT2D eigenvalue weighted by atomic mass is 16.3. The van der Waals surface area contributed by atoms with Crippen LogP contribution in [0.5, 0.6) is 0 Å². The Balaban J connectivity index is 3.32. The summed E-state index contributed by atoms with van der Waals surface area (Å²) in [5, 5.41) is 21.4. The zero-order valence-electron chi connectivity index (χ0n) is 6.29. The fourth-order valence-electron chi connectivity index (χ4n) is 0.423. The number of aliphatic hydroxyl groups is 1. The molecule has 11 heavy (non-hydrogen) atoms. The Kier molecular flexibility index (Phi) is 4.86. The molecule has 5 nitrogen and oxygen atoms in total. The van der Waals surface area contributed by atoms with Crippen molar-refractivity contribution in [1.29, 1.82) is 5.26 Å². The highest BCUT2D eigenvalue weighted by Gasteiger charge is 1.99. The lowest BCUT2D eigenvalue weighted by Gasteiger charge is -2.05. The standard InChI is InChI=1S/C6H11N3O2/c1-5(10)4-9-6(11)8-3-2-7/h5,10H,3-4H2,1H3,(H2,8,9,11). The van der Waals surface area contributed by atoms with Crippen molar-refractivity contribution < 1.29 is 9.90 Å². The minimum absolute atomic E-state index is 0.0222. The van der Waals surface area contributed by atoms with E-state index in [0.717, 1.165) is 0 Å². The highest BCUT2D eigenvalue weighted by molar-refractivity contribution is 5.73. The molecular formula is C6H11N3O2. The molecule has 3 N–H and O–H groups in total. The summed E-state index contributed by atoms with van der Waals surface area (Å²) in [6.45, 7) is 1.73. The van der Waals surface area contributed by atoms with Crippen molar-refractivity contribution in [2.24, 2.45) is 0 Å². The first kappa shape index (κ1) is 9.72. The van der Waals surface area contributed by atoms with Gasteiger partial charge in [0.15, 0.2) is 0 Å². The normalized spacial score (nSPS) is 11.4. The van der Waals surface area contributed by atoms with Crippen molar-refractivity contribution in [3.8, 4) is 6.07 Å². The molecule has 2 amide bonds. The molecule has 0 saturated carbocycles. The van der Waals surface area contributed by atoms with E-state index in [2.05, 4.69) is 10.6 Å². The molecule has 0 aliphatic heterocycles. The van der Waals surface area contributed by atoms with Gasteiger partial charge in [-0.25, -0.2) is 4.79 Å². The maximum atomic E-state index is 10.6. The first-order valence-electron chi connectivity index (χ1n) is 3.23. The fraction of sp³-hybridized carbons (Fsp3) is 0.667. The van der Waals surface area contributed by atoms with E-state index in [1.807, 2.05) is 0 Å². The fourth-order valence-corrected chi connectivity index (χ4v) is 0.423. The largest absolute Gasteiger partial charge is 0.392 e. The van der Waals surface area contributed by atoms with Crippen LogP contribution >= 0.6 is 0 Å². The molecule has 5 heteroatoms. The number of nitrogens with one attached hydrogen (secondary N) is 2. The van der Waals surface area contributed by atoms with Gasteiger partial charge in [0.05, 0.1) is 12.2 Å². The van der Waals surface area contributed by atoms with Crippen LogP contribution in [-0.4, -0.2) is 30.3 Å². The monoisotopic (exact) mass is 157 g/mol. The van der Waals surface area contributed by atoms with Crippen LogP contribution in [0.25, 0.3) is 0 Å². The molecule has 1 atom stereocenters. The van der Waals surface area contributed by atoms with Crippen molar-refractivity contribution in [3.05, 3.63) is 0 Å². The Morgan fingerprint density at radius 1 is 1.73 bits per heavy atom. The molecule has 0 aromatic heterocycles. The predicted molar refractivity (Wildman–Crippen MR) is 38.7 cm³/mol. The number of nitriles is 1. The number of rotatable bonds is 3. The zero-order chi connectivity index (χ0) is 8.69. The summed E-state index contributed by atoms with van der Waals surface area (Å²) in [6.07, 6.45) is -0.567. The van der Waals surface area contributed by atoms with Gasteiger partial charge in [0.2, 0.25) is 0 Å². The second kappa shape index (κ2) is 5.50. The SMILES string of the molecule is CC(O)CNC(=O)NCC#N. The van der Waals surface area contributed by atoms with Gasteiger partial charge in [-0.3, -0.25) is 0 Å². The van der Waals surface area contributed by atoms with Crippen molar-refractivity contribution in [2.45, 2.75) is 13.0 Å². The minimum atomic E-state index is -0.567. The molecule has 0 aromatic carbocycles. The maximum Gasteiger partial charge on any atom is 0.315 e. The van der Waals surface area contributed by atoms with E-state index in [9.17, 15) is 4.79 Å². The number of hydrogen-bond donors (Lipinski definition) is 3. The molecule has 0 saturated heterocycles. The number of urea groups is 1. The number of carbonyl (C=O) groups is 1. The van der Waals surface area contributed by atoms with Crippen LogP contribution in [0.15, 0.2) is 0 Å². The van der Waals surface area contributed by atoms with Crippen LogP contribution in [0.4, 0.5) is 4.79 Å². The lowest BCUT2D eigenvalue weighted by atomic mass is 10.4. The summed E-state index contributed by atoms with van der Waals surface area (Å²) in [7, 11) is 0. The molecule has 0 aliphatic carbocycles. The second-order valence-corrected chi connectivity index (χ2v) is 2.07. The molecule has 0 bridgehead atoms. The first-order chi connectivity index (χ1) is 5.16. The quantitative estimate of drug-likeness (QED) is 0.468. The molecule has 0 rings (SSSR count). The van der Waals surface area contributed by atoms with Gasteiger partial charge in [-0.05, 0) is 6.92 Å². The topological polar surface area (TPSA) is 85.2 Å². The Hall–Kier alpha value is -1.28. The van der Waals surface area contributed by atoms with Gasteiger partial charge in [0.25, 0.3) is 0 Å². The third-order valence-corrected chi connectivity index (χ3v) is 0.886. The molecule has 0 aliphatic rings. The molecule has 0 aromatic rings. The van der Waals surface area contributed by atoms with Gasteiger partial charge in [0, 0.05) is 6.54 Å². The zero-order valence-corrected chi connectivity index (χ0v) is 6.29.